The summed E-state index contributed by atoms with van der Waals surface area (Å²) in [4.78, 5) is 9.53. The molecule has 1 radical (unpaired) electrons. The minimum Gasteiger partial charge on any atom is -0.417 e. The molecule has 0 atom stereocenters. The molecule has 1 aromatic rings. The van der Waals surface area contributed by atoms with Crippen LogP contribution in [0.25, 0.3) is 0 Å². The summed E-state index contributed by atoms with van der Waals surface area (Å²) in [5.41, 5.74) is 0. The van der Waals surface area contributed by atoms with Crippen molar-refractivity contribution in [2.45, 2.75) is 0 Å². The van der Waals surface area contributed by atoms with Crippen LogP contribution in [0.4, 0.5) is 0 Å². The predicted molar refractivity (Wildman–Crippen MR) is 30.6 cm³/mol. The topological polar surface area (TPSA) is 26.3 Å². The van der Waals surface area contributed by atoms with Crippen molar-refractivity contribution in [3.8, 4) is 5.75 Å². The van der Waals surface area contributed by atoms with Crippen molar-refractivity contribution in [3.05, 3.63) is 16.8 Å². The smallest absolute Gasteiger partial charge is 0.417 e. The Morgan fingerprint density at radius 2 is 2.62 bits per heavy atom. The van der Waals surface area contributed by atoms with Crippen LogP contribution in [0.1, 0.15) is 0 Å². The zero-order valence-corrected chi connectivity index (χ0v) is 4.77. The Balaban J connectivity index is 2.62. The van der Waals surface area contributed by atoms with Gasteiger partial charge in [-0.25, -0.2) is 4.79 Å². The van der Waals surface area contributed by atoms with Gasteiger partial charge in [0, 0.05) is 5.38 Å². The van der Waals surface area contributed by atoms with Gasteiger partial charge in [-0.2, -0.15) is 0 Å². The average Bonchev–Trinajstić information content (AvgIpc) is 2.19. The maximum atomic E-state index is 9.53. The van der Waals surface area contributed by atoms with E-state index in [1.807, 2.05) is 5.38 Å². The van der Waals surface area contributed by atoms with Gasteiger partial charge >= 0.3 is 6.47 Å². The van der Waals surface area contributed by atoms with Crippen molar-refractivity contribution < 1.29 is 9.53 Å². The summed E-state index contributed by atoms with van der Waals surface area (Å²) in [7, 11) is 0. The first kappa shape index (κ1) is 5.31. The zero-order chi connectivity index (χ0) is 5.82. The van der Waals surface area contributed by atoms with Crippen LogP contribution in [0, 0.1) is 0 Å². The first-order chi connectivity index (χ1) is 3.93. The molecule has 0 amide bonds. The van der Waals surface area contributed by atoms with E-state index in [4.69, 9.17) is 0 Å². The highest BCUT2D eigenvalue weighted by molar-refractivity contribution is 7.08. The Bertz CT molecular complexity index is 157. The van der Waals surface area contributed by atoms with Crippen LogP contribution in [0.15, 0.2) is 16.8 Å². The van der Waals surface area contributed by atoms with E-state index < -0.39 is 0 Å². The van der Waals surface area contributed by atoms with Gasteiger partial charge in [0.2, 0.25) is 0 Å². The molecular weight excluding hydrogens is 124 g/mol. The lowest BCUT2D eigenvalue weighted by molar-refractivity contribution is 0.444. The van der Waals surface area contributed by atoms with E-state index >= 15 is 0 Å². The lowest BCUT2D eigenvalue weighted by Crippen LogP contribution is -1.83. The minimum absolute atomic E-state index is 0.560. The quantitative estimate of drug-likeness (QED) is 0.596. The molecule has 0 fully saturated rings. The van der Waals surface area contributed by atoms with Crippen molar-refractivity contribution in [3.63, 3.8) is 0 Å². The third kappa shape index (κ3) is 1.07. The highest BCUT2D eigenvalue weighted by Gasteiger charge is 1.88. The summed E-state index contributed by atoms with van der Waals surface area (Å²) < 4.78 is 4.35. The van der Waals surface area contributed by atoms with Crippen molar-refractivity contribution in [2.75, 3.05) is 0 Å². The van der Waals surface area contributed by atoms with E-state index in [-0.39, 0.29) is 0 Å². The molecule has 1 aromatic heterocycles. The average molecular weight is 127 g/mol. The van der Waals surface area contributed by atoms with Gasteiger partial charge in [0.1, 0.15) is 5.75 Å². The molecule has 0 spiro atoms. The summed E-state index contributed by atoms with van der Waals surface area (Å²) in [6, 6.07) is 1.70. The molecule has 0 saturated carbocycles. The summed E-state index contributed by atoms with van der Waals surface area (Å²) in [6.07, 6.45) is 0. The molecule has 0 bridgehead atoms. The molecule has 1 heterocycles. The summed E-state index contributed by atoms with van der Waals surface area (Å²) in [5.74, 6) is 0.560. The number of thiophene rings is 1. The summed E-state index contributed by atoms with van der Waals surface area (Å²) in [5, 5.41) is 3.55. The van der Waals surface area contributed by atoms with E-state index in [0.29, 0.717) is 5.75 Å². The third-order valence-electron chi connectivity index (χ3n) is 0.655. The van der Waals surface area contributed by atoms with Gasteiger partial charge in [0.25, 0.3) is 0 Å². The van der Waals surface area contributed by atoms with Crippen LogP contribution in [0.5, 0.6) is 5.75 Å². The Labute approximate surface area is 50.7 Å². The normalized spacial score (nSPS) is 8.50. The highest BCUT2D eigenvalue weighted by Crippen LogP contribution is 2.13. The molecule has 41 valence electrons. The van der Waals surface area contributed by atoms with Gasteiger partial charge in [-0.3, -0.25) is 0 Å². The molecule has 8 heavy (non-hydrogen) atoms. The molecule has 2 nitrogen and oxygen atoms in total. The molecule has 0 aliphatic carbocycles. The van der Waals surface area contributed by atoms with Crippen LogP contribution in [0.2, 0.25) is 0 Å². The second kappa shape index (κ2) is 2.47. The monoisotopic (exact) mass is 127 g/mol. The predicted octanol–water partition coefficient (Wildman–Crippen LogP) is 1.19. The van der Waals surface area contributed by atoms with Gasteiger partial charge in [-0.1, -0.05) is 0 Å². The van der Waals surface area contributed by atoms with Gasteiger partial charge in [-0.15, -0.1) is 11.3 Å². The van der Waals surface area contributed by atoms with Crippen molar-refractivity contribution >= 4 is 17.8 Å². The Kier molecular flexibility index (Phi) is 1.64. The summed E-state index contributed by atoms with van der Waals surface area (Å²) in [6.45, 7) is 1.33. The lowest BCUT2D eigenvalue weighted by atomic mass is 10.6. The second-order valence-electron chi connectivity index (χ2n) is 1.14. The summed E-state index contributed by atoms with van der Waals surface area (Å²) >= 11 is 1.48. The molecule has 0 aliphatic heterocycles. The molecular formula is C5H3O2S. The number of rotatable bonds is 2. The first-order valence-corrected chi connectivity index (χ1v) is 2.94. The maximum Gasteiger partial charge on any atom is 0.423 e. The van der Waals surface area contributed by atoms with E-state index in [1.54, 1.807) is 11.4 Å². The number of ether oxygens (including phenoxy) is 1. The molecule has 0 N–H and O–H groups in total. The Morgan fingerprint density at radius 1 is 1.75 bits per heavy atom. The van der Waals surface area contributed by atoms with Gasteiger partial charge in [0.15, 0.2) is 0 Å². The van der Waals surface area contributed by atoms with Crippen LogP contribution in [-0.4, -0.2) is 6.47 Å². The number of hydrogen-bond donors (Lipinski definition) is 0. The fourth-order valence-electron chi connectivity index (χ4n) is 0.358. The standard InChI is InChI=1S/C5H3O2S/c6-4-7-5-1-2-8-3-5/h1-3H. The molecule has 0 aliphatic rings. The fraction of sp³-hybridized carbons (Fsp3) is 0. The Hall–Kier alpha value is -0.830. The molecule has 1 rings (SSSR count). The van der Waals surface area contributed by atoms with Crippen LogP contribution < -0.4 is 4.74 Å². The Morgan fingerprint density at radius 3 is 3.12 bits per heavy atom. The van der Waals surface area contributed by atoms with Gasteiger partial charge < -0.3 is 4.74 Å². The van der Waals surface area contributed by atoms with Crippen LogP contribution in [-0.2, 0) is 4.79 Å². The van der Waals surface area contributed by atoms with Gasteiger partial charge in [-0.05, 0) is 11.4 Å². The molecule has 0 aromatic carbocycles. The third-order valence-corrected chi connectivity index (χ3v) is 1.32. The fourth-order valence-corrected chi connectivity index (χ4v) is 0.910. The van der Waals surface area contributed by atoms with Gasteiger partial charge in [0.05, 0.1) is 0 Å². The number of hydrogen-bond acceptors (Lipinski definition) is 3. The van der Waals surface area contributed by atoms with E-state index in [9.17, 15) is 4.79 Å². The largest absolute Gasteiger partial charge is 0.423 e. The number of carbonyl (C=O) groups excluding carboxylic acids is 1. The van der Waals surface area contributed by atoms with E-state index in [1.165, 1.54) is 17.8 Å². The van der Waals surface area contributed by atoms with E-state index in [2.05, 4.69) is 4.74 Å². The second-order valence-corrected chi connectivity index (χ2v) is 1.92. The van der Waals surface area contributed by atoms with Crippen LogP contribution in [0.3, 0.4) is 0 Å². The molecule has 0 unspecified atom stereocenters. The maximum absolute atomic E-state index is 9.53. The van der Waals surface area contributed by atoms with Crippen LogP contribution >= 0.6 is 11.3 Å². The van der Waals surface area contributed by atoms with E-state index in [0.717, 1.165) is 0 Å². The van der Waals surface area contributed by atoms with Crippen molar-refractivity contribution in [2.24, 2.45) is 0 Å². The highest BCUT2D eigenvalue weighted by atomic mass is 32.1. The van der Waals surface area contributed by atoms with Crippen molar-refractivity contribution in [1.29, 1.82) is 0 Å². The zero-order valence-electron chi connectivity index (χ0n) is 3.96. The molecule has 0 saturated heterocycles. The minimum atomic E-state index is 0.560. The SMILES string of the molecule is O=[C]Oc1ccsc1. The lowest BCUT2D eigenvalue weighted by Gasteiger charge is -1.82. The van der Waals surface area contributed by atoms with Crippen molar-refractivity contribution in [1.82, 2.24) is 0 Å². The first-order valence-electron chi connectivity index (χ1n) is 1.99. The molecule has 3 heteroatoms.